The molecule has 1 N–H and O–H groups in total. The number of methoxy groups -OCH3 is 1. The number of nitro benzene ring substituents is 1. The zero-order valence-electron chi connectivity index (χ0n) is 15.0. The summed E-state index contributed by atoms with van der Waals surface area (Å²) >= 11 is 0. The molecule has 0 fully saturated rings. The highest BCUT2D eigenvalue weighted by molar-refractivity contribution is 7.89. The van der Waals surface area contributed by atoms with Gasteiger partial charge in [-0.2, -0.15) is 5.10 Å². The van der Waals surface area contributed by atoms with Crippen molar-refractivity contribution in [1.29, 1.82) is 0 Å². The van der Waals surface area contributed by atoms with Crippen LogP contribution in [0.3, 0.4) is 0 Å². The first-order valence-corrected chi connectivity index (χ1v) is 9.80. The van der Waals surface area contributed by atoms with Crippen LogP contribution in [-0.2, 0) is 16.4 Å². The van der Waals surface area contributed by atoms with Gasteiger partial charge in [-0.3, -0.25) is 10.1 Å². The van der Waals surface area contributed by atoms with Gasteiger partial charge in [0.15, 0.2) is 4.90 Å². The van der Waals surface area contributed by atoms with Gasteiger partial charge in [0.2, 0.25) is 10.0 Å². The lowest BCUT2D eigenvalue weighted by atomic mass is 10.2. The van der Waals surface area contributed by atoms with Gasteiger partial charge in [-0.25, -0.2) is 17.8 Å². The van der Waals surface area contributed by atoms with Crippen LogP contribution in [0.1, 0.15) is 5.56 Å². The van der Waals surface area contributed by atoms with Crippen molar-refractivity contribution in [2.75, 3.05) is 13.7 Å². The fourth-order valence-electron chi connectivity index (χ4n) is 2.61. The molecule has 0 aliphatic heterocycles. The van der Waals surface area contributed by atoms with Crippen molar-refractivity contribution >= 4 is 15.7 Å². The number of nitro groups is 1. The van der Waals surface area contributed by atoms with Crippen molar-refractivity contribution in [2.24, 2.45) is 0 Å². The second kappa shape index (κ2) is 8.19. The maximum Gasteiger partial charge on any atom is 0.293 e. The summed E-state index contributed by atoms with van der Waals surface area (Å²) in [6.07, 6.45) is 3.84. The zero-order chi connectivity index (χ0) is 20.1. The average Bonchev–Trinajstić information content (AvgIpc) is 3.17. The molecule has 1 heterocycles. The first kappa shape index (κ1) is 19.5. The van der Waals surface area contributed by atoms with E-state index in [2.05, 4.69) is 9.82 Å². The maximum absolute atomic E-state index is 12.5. The van der Waals surface area contributed by atoms with Gasteiger partial charge in [0.1, 0.15) is 5.75 Å². The number of para-hydroxylation sites is 1. The Bertz CT molecular complexity index is 1080. The molecule has 10 heteroatoms. The predicted molar refractivity (Wildman–Crippen MR) is 102 cm³/mol. The Morgan fingerprint density at radius 3 is 2.64 bits per heavy atom. The maximum atomic E-state index is 12.5. The Kier molecular flexibility index (Phi) is 5.71. The van der Waals surface area contributed by atoms with E-state index in [4.69, 9.17) is 4.74 Å². The summed E-state index contributed by atoms with van der Waals surface area (Å²) in [6, 6.07) is 13.1. The number of hydrogen-bond donors (Lipinski definition) is 1. The molecule has 9 nitrogen and oxygen atoms in total. The number of nitrogens with zero attached hydrogens (tertiary/aromatic N) is 3. The highest BCUT2D eigenvalue weighted by Gasteiger charge is 2.26. The Labute approximate surface area is 161 Å². The summed E-state index contributed by atoms with van der Waals surface area (Å²) in [6.45, 7) is 0.0754. The first-order valence-electron chi connectivity index (χ1n) is 8.32. The third kappa shape index (κ3) is 4.35. The van der Waals surface area contributed by atoms with E-state index in [1.807, 2.05) is 30.3 Å². The topological polar surface area (TPSA) is 116 Å². The first-order chi connectivity index (χ1) is 13.4. The lowest BCUT2D eigenvalue weighted by Gasteiger charge is -2.08. The Balaban J connectivity index is 1.69. The van der Waals surface area contributed by atoms with Crippen molar-refractivity contribution < 1.29 is 18.1 Å². The Hall–Kier alpha value is -3.24. The molecule has 0 saturated carbocycles. The standard InChI is InChI=1S/C18H18N4O5S/c1-27-16-7-8-18(17(11-16)22(23)24)28(25,26)20-10-9-14-12-19-21(13-14)15-5-3-2-4-6-15/h2-8,11-13,20H,9-10H2,1H3. The second-order valence-electron chi connectivity index (χ2n) is 5.87. The summed E-state index contributed by atoms with van der Waals surface area (Å²) in [5.41, 5.74) is 1.18. The van der Waals surface area contributed by atoms with Crippen LogP contribution in [0.2, 0.25) is 0 Å². The van der Waals surface area contributed by atoms with E-state index >= 15 is 0 Å². The molecule has 0 bridgehead atoms. The Morgan fingerprint density at radius 1 is 1.21 bits per heavy atom. The molecule has 0 aliphatic carbocycles. The van der Waals surface area contributed by atoms with Crippen LogP contribution in [0.15, 0.2) is 65.8 Å². The molecule has 28 heavy (non-hydrogen) atoms. The lowest BCUT2D eigenvalue weighted by Crippen LogP contribution is -2.26. The minimum Gasteiger partial charge on any atom is -0.497 e. The molecule has 0 aliphatic rings. The van der Waals surface area contributed by atoms with Gasteiger partial charge in [-0.1, -0.05) is 18.2 Å². The van der Waals surface area contributed by atoms with E-state index in [0.29, 0.717) is 6.42 Å². The number of benzene rings is 2. The van der Waals surface area contributed by atoms with E-state index in [0.717, 1.165) is 23.4 Å². The molecule has 146 valence electrons. The fraction of sp³-hybridized carbons (Fsp3) is 0.167. The molecule has 2 aromatic carbocycles. The largest absolute Gasteiger partial charge is 0.497 e. The van der Waals surface area contributed by atoms with E-state index in [-0.39, 0.29) is 12.3 Å². The van der Waals surface area contributed by atoms with Crippen LogP contribution in [0.25, 0.3) is 5.69 Å². The van der Waals surface area contributed by atoms with Gasteiger partial charge < -0.3 is 4.74 Å². The third-order valence-electron chi connectivity index (χ3n) is 4.01. The van der Waals surface area contributed by atoms with E-state index < -0.39 is 25.5 Å². The van der Waals surface area contributed by atoms with E-state index in [1.54, 1.807) is 17.1 Å². The molecular weight excluding hydrogens is 384 g/mol. The Morgan fingerprint density at radius 2 is 1.96 bits per heavy atom. The quantitative estimate of drug-likeness (QED) is 0.456. The van der Waals surface area contributed by atoms with E-state index in [1.165, 1.54) is 13.2 Å². The van der Waals surface area contributed by atoms with Crippen LogP contribution < -0.4 is 9.46 Å². The van der Waals surface area contributed by atoms with Crippen LogP contribution in [0, 0.1) is 10.1 Å². The van der Waals surface area contributed by atoms with Crippen molar-refractivity contribution in [1.82, 2.24) is 14.5 Å². The second-order valence-corrected chi connectivity index (χ2v) is 7.60. The number of hydrogen-bond acceptors (Lipinski definition) is 6. The highest BCUT2D eigenvalue weighted by atomic mass is 32.2. The van der Waals surface area contributed by atoms with Crippen molar-refractivity contribution in [3.05, 3.63) is 76.6 Å². The zero-order valence-corrected chi connectivity index (χ0v) is 15.8. The summed E-state index contributed by atoms with van der Waals surface area (Å²) in [4.78, 5) is 10.1. The molecule has 0 atom stereocenters. The number of ether oxygens (including phenoxy) is 1. The summed E-state index contributed by atoms with van der Waals surface area (Å²) < 4.78 is 34.0. The van der Waals surface area contributed by atoms with E-state index in [9.17, 15) is 18.5 Å². The number of sulfonamides is 1. The summed E-state index contributed by atoms with van der Waals surface area (Å²) in [5, 5.41) is 15.5. The van der Waals surface area contributed by atoms with Gasteiger partial charge in [0.25, 0.3) is 5.69 Å². The molecule has 0 unspecified atom stereocenters. The van der Waals surface area contributed by atoms with Gasteiger partial charge in [-0.05, 0) is 36.2 Å². The minimum atomic E-state index is -4.05. The summed E-state index contributed by atoms with van der Waals surface area (Å²) in [7, 11) is -2.70. The average molecular weight is 402 g/mol. The fourth-order valence-corrected chi connectivity index (χ4v) is 3.79. The van der Waals surface area contributed by atoms with Gasteiger partial charge in [0, 0.05) is 12.7 Å². The van der Waals surface area contributed by atoms with Crippen molar-refractivity contribution in [3.63, 3.8) is 0 Å². The van der Waals surface area contributed by atoms with Gasteiger partial charge in [-0.15, -0.1) is 0 Å². The summed E-state index contributed by atoms with van der Waals surface area (Å²) in [5.74, 6) is 0.207. The highest BCUT2D eigenvalue weighted by Crippen LogP contribution is 2.28. The third-order valence-corrected chi connectivity index (χ3v) is 5.52. The smallest absolute Gasteiger partial charge is 0.293 e. The van der Waals surface area contributed by atoms with Gasteiger partial charge >= 0.3 is 0 Å². The molecule has 3 rings (SSSR count). The minimum absolute atomic E-state index is 0.0754. The van der Waals surface area contributed by atoms with Crippen LogP contribution in [-0.4, -0.2) is 36.8 Å². The molecule has 0 spiro atoms. The molecule has 0 saturated heterocycles. The molecule has 3 aromatic rings. The molecule has 1 aromatic heterocycles. The molecular formula is C18H18N4O5S. The normalized spacial score (nSPS) is 11.3. The predicted octanol–water partition coefficient (Wildman–Crippen LogP) is 2.31. The van der Waals surface area contributed by atoms with Crippen molar-refractivity contribution in [3.8, 4) is 11.4 Å². The number of aromatic nitrogens is 2. The van der Waals surface area contributed by atoms with Crippen LogP contribution >= 0.6 is 0 Å². The van der Waals surface area contributed by atoms with Crippen LogP contribution in [0.4, 0.5) is 5.69 Å². The monoisotopic (exact) mass is 402 g/mol. The lowest BCUT2D eigenvalue weighted by molar-refractivity contribution is -0.387. The van der Waals surface area contributed by atoms with Crippen molar-refractivity contribution in [2.45, 2.75) is 11.3 Å². The number of rotatable bonds is 8. The molecule has 0 radical (unpaired) electrons. The SMILES string of the molecule is COc1ccc(S(=O)(=O)NCCc2cnn(-c3ccccc3)c2)c([N+](=O)[O-])c1. The van der Waals surface area contributed by atoms with Gasteiger partial charge in [0.05, 0.1) is 30.0 Å². The number of nitrogens with one attached hydrogen (secondary N) is 1. The van der Waals surface area contributed by atoms with Crippen LogP contribution in [0.5, 0.6) is 5.75 Å². The molecule has 0 amide bonds.